The maximum atomic E-state index is 11.4. The molecule has 1 aromatic rings. The summed E-state index contributed by atoms with van der Waals surface area (Å²) in [5, 5.41) is 3.68. The van der Waals surface area contributed by atoms with E-state index in [9.17, 15) is 13.2 Å². The monoisotopic (exact) mass is 355 g/mol. The topological polar surface area (TPSA) is 72.8 Å². The molecule has 0 saturated heterocycles. The van der Waals surface area contributed by atoms with Crippen LogP contribution < -0.4 is 0 Å². The normalized spacial score (nSPS) is 19.2. The first kappa shape index (κ1) is 16.9. The van der Waals surface area contributed by atoms with Crippen molar-refractivity contribution in [1.29, 1.82) is 0 Å². The minimum atomic E-state index is -3.64. The summed E-state index contributed by atoms with van der Waals surface area (Å²) in [5.74, 6) is 2.00. The van der Waals surface area contributed by atoms with Crippen molar-refractivity contribution in [2.75, 3.05) is 12.5 Å². The van der Waals surface area contributed by atoms with Crippen molar-refractivity contribution in [3.05, 3.63) is 42.0 Å². The number of carbonyl (C=O) groups excluding carboxylic acids is 1. The van der Waals surface area contributed by atoms with Crippen LogP contribution in [0.3, 0.4) is 0 Å². The summed E-state index contributed by atoms with van der Waals surface area (Å²) in [7, 11) is -3.64. The molecule has 1 atom stereocenters. The number of benzene rings is 1. The molecule has 0 N–H and O–H groups in total. The third-order valence-electron chi connectivity index (χ3n) is 2.72. The molecule has 5 nitrogen and oxygen atoms in total. The molecule has 1 unspecified atom stereocenters. The zero-order valence-electron chi connectivity index (χ0n) is 11.8. The highest BCUT2D eigenvalue weighted by Crippen LogP contribution is 2.36. The number of oxime groups is 1. The summed E-state index contributed by atoms with van der Waals surface area (Å²) in [6, 6.07) is 7.56. The summed E-state index contributed by atoms with van der Waals surface area (Å²) in [5.41, 5.74) is 1.31. The van der Waals surface area contributed by atoms with Crippen molar-refractivity contribution in [1.82, 2.24) is 0 Å². The number of hydrogen-bond donors (Lipinski definition) is 0. The SMILES string of the molecule is CSc1ccccc1C(=C=O)C1C=C/C(=N\OS(C)(=O)=O)S1. The standard InChI is InChI=1S/C14H13NO4S3/c1-20-12-6-4-3-5-10(12)11(9-16)13-7-8-14(21-13)15-19-22(2,17)18/h3-8,13H,1-2H3/b15-14+. The van der Waals surface area contributed by atoms with Crippen LogP contribution in [0.1, 0.15) is 5.56 Å². The fourth-order valence-corrected chi connectivity index (χ4v) is 3.65. The molecule has 0 aromatic heterocycles. The Bertz CT molecular complexity index is 777. The van der Waals surface area contributed by atoms with Crippen molar-refractivity contribution in [2.45, 2.75) is 10.1 Å². The second-order valence-corrected chi connectivity index (χ2v) is 7.89. The third kappa shape index (κ3) is 4.27. The molecular formula is C14H13NO4S3. The zero-order valence-corrected chi connectivity index (χ0v) is 14.3. The van der Waals surface area contributed by atoms with Gasteiger partial charge in [0.15, 0.2) is 0 Å². The van der Waals surface area contributed by atoms with Gasteiger partial charge >= 0.3 is 10.1 Å². The van der Waals surface area contributed by atoms with Gasteiger partial charge in [-0.2, -0.15) is 8.42 Å². The van der Waals surface area contributed by atoms with E-state index in [0.717, 1.165) is 16.7 Å². The number of nitrogens with zero attached hydrogens (tertiary/aromatic N) is 1. The van der Waals surface area contributed by atoms with Crippen LogP contribution in [0.25, 0.3) is 5.57 Å². The molecule has 1 aromatic carbocycles. The van der Waals surface area contributed by atoms with E-state index < -0.39 is 10.1 Å². The number of hydrogen-bond acceptors (Lipinski definition) is 7. The van der Waals surface area contributed by atoms with Gasteiger partial charge < -0.3 is 0 Å². The summed E-state index contributed by atoms with van der Waals surface area (Å²) >= 11 is 2.78. The molecule has 1 aliphatic rings. The van der Waals surface area contributed by atoms with Crippen LogP contribution in [0.2, 0.25) is 0 Å². The fraction of sp³-hybridized carbons (Fsp3) is 0.214. The minimum absolute atomic E-state index is 0.271. The van der Waals surface area contributed by atoms with Crippen molar-refractivity contribution in [3.63, 3.8) is 0 Å². The van der Waals surface area contributed by atoms with Gasteiger partial charge in [0.05, 0.1) is 17.1 Å². The Hall–Kier alpha value is -1.47. The molecule has 0 radical (unpaired) electrons. The minimum Gasteiger partial charge on any atom is -0.268 e. The highest BCUT2D eigenvalue weighted by atomic mass is 32.2. The molecule has 116 valence electrons. The Morgan fingerprint density at radius 2 is 2.14 bits per heavy atom. The van der Waals surface area contributed by atoms with Gasteiger partial charge in [0.25, 0.3) is 0 Å². The summed E-state index contributed by atoms with van der Waals surface area (Å²) < 4.78 is 26.3. The van der Waals surface area contributed by atoms with Crippen LogP contribution >= 0.6 is 23.5 Å². The molecule has 0 bridgehead atoms. The lowest BCUT2D eigenvalue weighted by Crippen LogP contribution is -2.03. The summed E-state index contributed by atoms with van der Waals surface area (Å²) in [4.78, 5) is 12.4. The van der Waals surface area contributed by atoms with E-state index in [2.05, 4.69) is 9.44 Å². The van der Waals surface area contributed by atoms with E-state index in [1.165, 1.54) is 11.8 Å². The average molecular weight is 355 g/mol. The predicted octanol–water partition coefficient (Wildman–Crippen LogP) is 2.58. The maximum absolute atomic E-state index is 11.4. The molecule has 2 rings (SSSR count). The van der Waals surface area contributed by atoms with E-state index in [0.29, 0.717) is 10.6 Å². The van der Waals surface area contributed by atoms with Gasteiger partial charge in [-0.15, -0.1) is 11.8 Å². The largest absolute Gasteiger partial charge is 0.325 e. The van der Waals surface area contributed by atoms with Crippen LogP contribution in [0.15, 0.2) is 46.5 Å². The smallest absolute Gasteiger partial charge is 0.268 e. The molecular weight excluding hydrogens is 342 g/mol. The highest BCUT2D eigenvalue weighted by Gasteiger charge is 2.24. The molecule has 0 spiro atoms. The first-order valence-electron chi connectivity index (χ1n) is 6.14. The van der Waals surface area contributed by atoms with Crippen molar-refractivity contribution < 1.29 is 17.5 Å². The van der Waals surface area contributed by atoms with Crippen LogP contribution in [0.4, 0.5) is 0 Å². The molecule has 0 saturated carbocycles. The van der Waals surface area contributed by atoms with E-state index in [1.54, 1.807) is 23.9 Å². The Labute approximate surface area is 137 Å². The lowest BCUT2D eigenvalue weighted by molar-refractivity contribution is 0.345. The predicted molar refractivity (Wildman–Crippen MR) is 91.2 cm³/mol. The number of thioether (sulfide) groups is 2. The van der Waals surface area contributed by atoms with E-state index in [-0.39, 0.29) is 5.25 Å². The second-order valence-electron chi connectivity index (χ2n) is 4.32. The quantitative estimate of drug-likeness (QED) is 0.459. The molecule has 0 fully saturated rings. The summed E-state index contributed by atoms with van der Waals surface area (Å²) in [6.07, 6.45) is 6.25. The van der Waals surface area contributed by atoms with Crippen molar-refractivity contribution in [2.24, 2.45) is 5.16 Å². The molecule has 1 heterocycles. The fourth-order valence-electron chi connectivity index (χ4n) is 1.82. The van der Waals surface area contributed by atoms with Gasteiger partial charge in [-0.25, -0.2) is 4.79 Å². The second kappa shape index (κ2) is 7.19. The van der Waals surface area contributed by atoms with Gasteiger partial charge in [0, 0.05) is 10.5 Å². The average Bonchev–Trinajstić information content (AvgIpc) is 2.94. The van der Waals surface area contributed by atoms with Crippen LogP contribution in [0.5, 0.6) is 0 Å². The Morgan fingerprint density at radius 1 is 1.41 bits per heavy atom. The molecule has 0 aliphatic carbocycles. The van der Waals surface area contributed by atoms with Gasteiger partial charge in [-0.05, 0) is 18.4 Å². The Kier molecular flexibility index (Phi) is 5.52. The lowest BCUT2D eigenvalue weighted by atomic mass is 10.0. The van der Waals surface area contributed by atoms with Crippen molar-refractivity contribution >= 4 is 50.2 Å². The van der Waals surface area contributed by atoms with Crippen molar-refractivity contribution in [3.8, 4) is 0 Å². The Morgan fingerprint density at radius 3 is 2.77 bits per heavy atom. The molecule has 22 heavy (non-hydrogen) atoms. The first-order valence-corrected chi connectivity index (χ1v) is 10.1. The lowest BCUT2D eigenvalue weighted by Gasteiger charge is -2.12. The van der Waals surface area contributed by atoms with Gasteiger partial charge in [0.1, 0.15) is 11.0 Å². The molecule has 0 amide bonds. The van der Waals surface area contributed by atoms with Gasteiger partial charge in [-0.1, -0.05) is 41.2 Å². The third-order valence-corrected chi connectivity index (χ3v) is 4.96. The first-order chi connectivity index (χ1) is 10.4. The zero-order chi connectivity index (χ0) is 16.2. The van der Waals surface area contributed by atoms with E-state index >= 15 is 0 Å². The maximum Gasteiger partial charge on any atom is 0.325 e. The van der Waals surface area contributed by atoms with Gasteiger partial charge in [0.2, 0.25) is 0 Å². The Balaban J connectivity index is 2.22. The van der Waals surface area contributed by atoms with Crippen LogP contribution in [-0.4, -0.2) is 37.2 Å². The van der Waals surface area contributed by atoms with E-state index in [4.69, 9.17) is 0 Å². The number of rotatable bonds is 5. The van der Waals surface area contributed by atoms with Crippen LogP contribution in [0, 0.1) is 0 Å². The summed E-state index contributed by atoms with van der Waals surface area (Å²) in [6.45, 7) is 0. The van der Waals surface area contributed by atoms with Gasteiger partial charge in [-0.3, -0.25) is 4.28 Å². The highest BCUT2D eigenvalue weighted by molar-refractivity contribution is 8.15. The molecule has 1 aliphatic heterocycles. The molecule has 8 heteroatoms. The van der Waals surface area contributed by atoms with E-state index in [1.807, 2.05) is 36.5 Å². The van der Waals surface area contributed by atoms with Crippen LogP contribution in [-0.2, 0) is 19.2 Å².